The summed E-state index contributed by atoms with van der Waals surface area (Å²) >= 11 is 0. The fourth-order valence-corrected chi connectivity index (χ4v) is 7.29. The normalized spacial score (nSPS) is 34.6. The quantitative estimate of drug-likeness (QED) is 0.272. The maximum atomic E-state index is 13.6. The molecular weight excluding hydrogens is 460 g/mol. The van der Waals surface area contributed by atoms with Crippen LogP contribution in [0.1, 0.15) is 86.0 Å². The molecule has 0 N–H and O–H groups in total. The van der Waals surface area contributed by atoms with E-state index in [9.17, 15) is 19.2 Å². The number of rotatable bonds is 7. The van der Waals surface area contributed by atoms with E-state index in [1.54, 1.807) is 0 Å². The Morgan fingerprint density at radius 2 is 1.81 bits per heavy atom. The van der Waals surface area contributed by atoms with Crippen LogP contribution in [-0.4, -0.2) is 35.9 Å². The van der Waals surface area contributed by atoms with Crippen molar-refractivity contribution in [2.75, 3.05) is 6.61 Å². The lowest BCUT2D eigenvalue weighted by Gasteiger charge is -2.54. The Kier molecular flexibility index (Phi) is 7.06. The van der Waals surface area contributed by atoms with Crippen LogP contribution < -0.4 is 0 Å². The minimum absolute atomic E-state index is 0.153. The molecule has 36 heavy (non-hydrogen) atoms. The van der Waals surface area contributed by atoms with E-state index in [-0.39, 0.29) is 48.0 Å². The Hall–Kier alpha value is -2.70. The fraction of sp³-hybridized carbons (Fsp3) is 0.655. The number of Topliss-reactive ketones (excluding diaryl/α,β-unsaturated/α-hetero) is 1. The molecule has 4 aliphatic carbocycles. The lowest BCUT2D eigenvalue weighted by Crippen LogP contribution is -2.57. The largest absolute Gasteiger partial charge is 0.458 e. The third-order valence-corrected chi connectivity index (χ3v) is 9.11. The van der Waals surface area contributed by atoms with E-state index in [1.165, 1.54) is 25.0 Å². The molecule has 4 rings (SSSR count). The molecule has 7 nitrogen and oxygen atoms in total. The highest BCUT2D eigenvalue weighted by Crippen LogP contribution is 2.66. The monoisotopic (exact) mass is 498 g/mol. The number of ketones is 1. The molecule has 0 aliphatic heterocycles. The SMILES string of the molecule is CCCC(=O)O[C@]1(C(=O)COC(C)=O)CCC2C3CC=C4C=C(OC(C)=O)CC[C@]4(C)C3=CC[C@@]21C. The summed E-state index contributed by atoms with van der Waals surface area (Å²) in [6.07, 6.45) is 11.6. The van der Waals surface area contributed by atoms with Crippen LogP contribution >= 0.6 is 0 Å². The van der Waals surface area contributed by atoms with Crippen molar-refractivity contribution in [3.05, 3.63) is 35.1 Å². The van der Waals surface area contributed by atoms with Gasteiger partial charge in [-0.15, -0.1) is 0 Å². The standard InChI is InChI=1S/C29H38O7/c1-6-7-26(33)36-29(25(32)17-34-18(2)30)15-12-24-22-9-8-20-16-21(35-19(3)31)10-13-27(20,4)23(22)11-14-28(24,29)5/h8,11,16,22,24H,6-7,9-10,12-15,17H2,1-5H3/t22?,24?,27-,28-,29-/m0/s1. The van der Waals surface area contributed by atoms with Gasteiger partial charge in [0.05, 0.1) is 0 Å². The van der Waals surface area contributed by atoms with Gasteiger partial charge in [-0.3, -0.25) is 19.2 Å². The first-order valence-corrected chi connectivity index (χ1v) is 13.2. The van der Waals surface area contributed by atoms with Crippen molar-refractivity contribution < 1.29 is 33.4 Å². The predicted octanol–water partition coefficient (Wildman–Crippen LogP) is 5.14. The summed E-state index contributed by atoms with van der Waals surface area (Å²) in [6, 6.07) is 0. The van der Waals surface area contributed by atoms with Gasteiger partial charge in [-0.2, -0.15) is 0 Å². The minimum atomic E-state index is -1.30. The van der Waals surface area contributed by atoms with Gasteiger partial charge in [0.15, 0.2) is 12.2 Å². The maximum Gasteiger partial charge on any atom is 0.307 e. The lowest BCUT2D eigenvalue weighted by molar-refractivity contribution is -0.186. The number of allylic oxidation sites excluding steroid dienone is 6. The third-order valence-electron chi connectivity index (χ3n) is 9.11. The van der Waals surface area contributed by atoms with Crippen LogP contribution in [-0.2, 0) is 33.4 Å². The Balaban J connectivity index is 1.69. The van der Waals surface area contributed by atoms with Crippen molar-refractivity contribution >= 4 is 23.7 Å². The molecule has 0 saturated heterocycles. The molecule has 2 unspecified atom stereocenters. The number of esters is 3. The van der Waals surface area contributed by atoms with Crippen molar-refractivity contribution in [1.82, 2.24) is 0 Å². The van der Waals surface area contributed by atoms with E-state index >= 15 is 0 Å². The highest BCUT2D eigenvalue weighted by atomic mass is 16.6. The lowest BCUT2D eigenvalue weighted by atomic mass is 9.51. The Morgan fingerprint density at radius 1 is 1.06 bits per heavy atom. The molecule has 1 saturated carbocycles. The predicted molar refractivity (Wildman–Crippen MR) is 132 cm³/mol. The number of ether oxygens (including phenoxy) is 3. The summed E-state index contributed by atoms with van der Waals surface area (Å²) in [5.41, 5.74) is 0.516. The van der Waals surface area contributed by atoms with Gasteiger partial charge in [-0.05, 0) is 62.0 Å². The van der Waals surface area contributed by atoms with Gasteiger partial charge in [0.25, 0.3) is 0 Å². The van der Waals surface area contributed by atoms with Crippen LogP contribution in [0.15, 0.2) is 35.1 Å². The van der Waals surface area contributed by atoms with E-state index in [1.807, 2.05) is 13.0 Å². The van der Waals surface area contributed by atoms with Gasteiger partial charge in [0.2, 0.25) is 5.78 Å². The zero-order valence-corrected chi connectivity index (χ0v) is 22.1. The first-order valence-electron chi connectivity index (χ1n) is 13.2. The highest BCUT2D eigenvalue weighted by molar-refractivity contribution is 5.93. The molecule has 0 aromatic heterocycles. The second-order valence-electron chi connectivity index (χ2n) is 11.2. The Labute approximate surface area is 213 Å². The van der Waals surface area contributed by atoms with Crippen molar-refractivity contribution in [2.24, 2.45) is 22.7 Å². The fourth-order valence-electron chi connectivity index (χ4n) is 7.29. The van der Waals surface area contributed by atoms with E-state index in [4.69, 9.17) is 14.2 Å². The van der Waals surface area contributed by atoms with Gasteiger partial charge in [0.1, 0.15) is 5.76 Å². The summed E-state index contributed by atoms with van der Waals surface area (Å²) in [7, 11) is 0. The molecule has 196 valence electrons. The van der Waals surface area contributed by atoms with E-state index < -0.39 is 17.0 Å². The van der Waals surface area contributed by atoms with Gasteiger partial charge in [0, 0.05) is 37.5 Å². The molecule has 0 heterocycles. The minimum Gasteiger partial charge on any atom is -0.458 e. The molecule has 4 aliphatic rings. The molecular formula is C29H38O7. The second-order valence-corrected chi connectivity index (χ2v) is 11.2. The summed E-state index contributed by atoms with van der Waals surface area (Å²) in [6.45, 7) is 8.55. The third kappa shape index (κ3) is 4.24. The van der Waals surface area contributed by atoms with Crippen LogP contribution in [0.3, 0.4) is 0 Å². The van der Waals surface area contributed by atoms with Gasteiger partial charge >= 0.3 is 17.9 Å². The van der Waals surface area contributed by atoms with Crippen LogP contribution in [0.2, 0.25) is 0 Å². The number of fused-ring (bicyclic) bond motifs is 5. The summed E-state index contributed by atoms with van der Waals surface area (Å²) in [4.78, 5) is 49.3. The van der Waals surface area contributed by atoms with Crippen LogP contribution in [0.5, 0.6) is 0 Å². The average molecular weight is 499 g/mol. The molecule has 1 fully saturated rings. The second kappa shape index (κ2) is 9.64. The van der Waals surface area contributed by atoms with Gasteiger partial charge in [-0.25, -0.2) is 0 Å². The molecule has 0 aromatic carbocycles. The van der Waals surface area contributed by atoms with Crippen molar-refractivity contribution in [3.8, 4) is 0 Å². The zero-order chi connectivity index (χ0) is 26.3. The molecule has 7 heteroatoms. The first-order chi connectivity index (χ1) is 17.0. The number of carbonyl (C=O) groups is 4. The first kappa shape index (κ1) is 26.4. The number of carbonyl (C=O) groups excluding carboxylic acids is 4. The van der Waals surface area contributed by atoms with Crippen molar-refractivity contribution in [2.45, 2.75) is 91.6 Å². The molecule has 5 atom stereocenters. The van der Waals surface area contributed by atoms with E-state index in [0.29, 0.717) is 31.4 Å². The topological polar surface area (TPSA) is 96.0 Å². The Morgan fingerprint density at radius 3 is 2.47 bits per heavy atom. The molecule has 0 spiro atoms. The van der Waals surface area contributed by atoms with E-state index in [0.717, 1.165) is 19.3 Å². The Bertz CT molecular complexity index is 1070. The zero-order valence-electron chi connectivity index (χ0n) is 22.1. The number of hydrogen-bond donors (Lipinski definition) is 0. The molecule has 0 aromatic rings. The molecule has 0 radical (unpaired) electrons. The van der Waals surface area contributed by atoms with Crippen molar-refractivity contribution in [1.29, 1.82) is 0 Å². The molecule has 0 amide bonds. The summed E-state index contributed by atoms with van der Waals surface area (Å²) in [5, 5.41) is 0. The van der Waals surface area contributed by atoms with Crippen LogP contribution in [0, 0.1) is 22.7 Å². The summed E-state index contributed by atoms with van der Waals surface area (Å²) < 4.78 is 16.6. The highest BCUT2D eigenvalue weighted by Gasteiger charge is 2.67. The average Bonchev–Trinajstić information content (AvgIpc) is 3.10. The maximum absolute atomic E-state index is 13.6. The van der Waals surface area contributed by atoms with Crippen LogP contribution in [0.25, 0.3) is 0 Å². The number of hydrogen-bond acceptors (Lipinski definition) is 7. The smallest absolute Gasteiger partial charge is 0.307 e. The van der Waals surface area contributed by atoms with E-state index in [2.05, 4.69) is 26.0 Å². The van der Waals surface area contributed by atoms with Crippen LogP contribution in [0.4, 0.5) is 0 Å². The van der Waals surface area contributed by atoms with Gasteiger partial charge in [-0.1, -0.05) is 38.5 Å². The van der Waals surface area contributed by atoms with Crippen molar-refractivity contribution in [3.63, 3.8) is 0 Å². The van der Waals surface area contributed by atoms with Gasteiger partial charge < -0.3 is 14.2 Å². The molecule has 0 bridgehead atoms. The summed E-state index contributed by atoms with van der Waals surface area (Å²) in [5.74, 6) is -0.432.